The second kappa shape index (κ2) is 11.7. The number of carbonyl (C=O) groups is 2. The molecule has 50 heavy (non-hydrogen) atoms. The van der Waals surface area contributed by atoms with Gasteiger partial charge in [0.15, 0.2) is 0 Å². The van der Waals surface area contributed by atoms with E-state index in [9.17, 15) is 14.7 Å². The maximum Gasteiger partial charge on any atom is 0.342 e. The number of carbonyl (C=O) groups excluding carboxylic acids is 1. The Morgan fingerprint density at radius 3 is 2.30 bits per heavy atom. The van der Waals surface area contributed by atoms with Crippen LogP contribution in [0.4, 0.5) is 0 Å². The Bertz CT molecular complexity index is 1790. The first-order valence-electron chi connectivity index (χ1n) is 19.2. The van der Waals surface area contributed by atoms with E-state index >= 15 is 0 Å². The first-order chi connectivity index (χ1) is 23.4. The molecule has 6 nitrogen and oxygen atoms in total. The molecule has 0 aromatic heterocycles. The highest BCUT2D eigenvalue weighted by atomic mass is 16.7. The number of hydrogen-bond donors (Lipinski definition) is 1. The molecule has 5 aliphatic rings. The minimum atomic E-state index is -0.610. The summed E-state index contributed by atoms with van der Waals surface area (Å²) in [6, 6.07) is 12.0. The summed E-state index contributed by atoms with van der Waals surface area (Å²) in [5.74, 6) is 0.526. The van der Waals surface area contributed by atoms with Gasteiger partial charge >= 0.3 is 11.9 Å². The second-order valence-electron chi connectivity index (χ2n) is 19.0. The van der Waals surface area contributed by atoms with Crippen molar-refractivity contribution >= 4 is 28.4 Å². The van der Waals surface area contributed by atoms with Gasteiger partial charge in [-0.15, -0.1) is 0 Å². The van der Waals surface area contributed by atoms with Crippen molar-refractivity contribution in [2.75, 3.05) is 7.11 Å². The van der Waals surface area contributed by atoms with Gasteiger partial charge in [-0.05, 0) is 139 Å². The van der Waals surface area contributed by atoms with Crippen molar-refractivity contribution in [1.82, 2.24) is 0 Å². The summed E-state index contributed by atoms with van der Waals surface area (Å²) in [7, 11) is 1.66. The Hall–Kier alpha value is -3.15. The van der Waals surface area contributed by atoms with Gasteiger partial charge in [0.2, 0.25) is 0 Å². The highest BCUT2D eigenvalue weighted by Crippen LogP contribution is 2.75. The maximum atomic E-state index is 13.4. The number of rotatable bonds is 5. The van der Waals surface area contributed by atoms with Gasteiger partial charge in [-0.3, -0.25) is 4.79 Å². The second-order valence-corrected chi connectivity index (χ2v) is 19.0. The molecule has 1 N–H and O–H groups in total. The summed E-state index contributed by atoms with van der Waals surface area (Å²) >= 11 is 0. The first-order valence-corrected chi connectivity index (χ1v) is 19.2. The summed E-state index contributed by atoms with van der Waals surface area (Å²) in [6.45, 7) is 18.8. The Labute approximate surface area is 299 Å². The Balaban J connectivity index is 1.12. The number of nitrogens with zero attached hydrogens (tertiary/aromatic N) is 1. The Kier molecular flexibility index (Phi) is 8.24. The molecule has 270 valence electrons. The zero-order valence-corrected chi connectivity index (χ0v) is 31.9. The maximum absolute atomic E-state index is 13.4. The summed E-state index contributed by atoms with van der Waals surface area (Å²) < 4.78 is 5.37. The number of carboxylic acid groups (broad SMARTS) is 1. The molecule has 2 aromatic carbocycles. The van der Waals surface area contributed by atoms with Crippen LogP contribution >= 0.6 is 0 Å². The van der Waals surface area contributed by atoms with Crippen molar-refractivity contribution in [1.29, 1.82) is 0 Å². The zero-order chi connectivity index (χ0) is 36.1. The Morgan fingerprint density at radius 2 is 1.58 bits per heavy atom. The number of aliphatic carboxylic acids is 1. The third kappa shape index (κ3) is 5.04. The molecule has 5 aliphatic carbocycles. The van der Waals surface area contributed by atoms with E-state index < -0.39 is 17.3 Å². The normalized spacial score (nSPS) is 38.5. The molecule has 0 bridgehead atoms. The van der Waals surface area contributed by atoms with Crippen molar-refractivity contribution < 1.29 is 24.3 Å². The third-order valence-electron chi connectivity index (χ3n) is 16.0. The lowest BCUT2D eigenvalue weighted by Crippen LogP contribution is -2.64. The quantitative estimate of drug-likeness (QED) is 0.193. The molecule has 4 saturated carbocycles. The zero-order valence-electron chi connectivity index (χ0n) is 31.9. The van der Waals surface area contributed by atoms with E-state index in [4.69, 9.17) is 9.57 Å². The fourth-order valence-electron chi connectivity index (χ4n) is 12.6. The summed E-state index contributed by atoms with van der Waals surface area (Å²) in [6.07, 6.45) is 12.2. The fraction of sp³-hybridized carbons (Fsp3) is 0.659. The van der Waals surface area contributed by atoms with E-state index in [0.29, 0.717) is 11.8 Å². The Morgan fingerprint density at radius 1 is 0.880 bits per heavy atom. The largest absolute Gasteiger partial charge is 0.497 e. The highest BCUT2D eigenvalue weighted by Gasteiger charge is 2.69. The van der Waals surface area contributed by atoms with E-state index in [1.165, 1.54) is 5.57 Å². The lowest BCUT2D eigenvalue weighted by Gasteiger charge is -2.70. The van der Waals surface area contributed by atoms with Gasteiger partial charge in [0, 0.05) is 5.41 Å². The van der Waals surface area contributed by atoms with Crippen molar-refractivity contribution in [2.24, 2.45) is 55.4 Å². The molecule has 8 atom stereocenters. The van der Waals surface area contributed by atoms with Gasteiger partial charge in [-0.25, -0.2) is 4.79 Å². The predicted molar refractivity (Wildman–Crippen MR) is 199 cm³/mol. The van der Waals surface area contributed by atoms with Crippen LogP contribution in [0.1, 0.15) is 131 Å². The van der Waals surface area contributed by atoms with E-state index in [-0.39, 0.29) is 39.0 Å². The van der Waals surface area contributed by atoms with Crippen LogP contribution in [-0.4, -0.2) is 29.9 Å². The van der Waals surface area contributed by atoms with Gasteiger partial charge in [0.25, 0.3) is 0 Å². The van der Waals surface area contributed by atoms with Crippen molar-refractivity contribution in [3.05, 3.63) is 53.6 Å². The number of ether oxygens (including phenoxy) is 1. The van der Waals surface area contributed by atoms with Crippen molar-refractivity contribution in [2.45, 2.75) is 126 Å². The van der Waals surface area contributed by atoms with Gasteiger partial charge in [0.1, 0.15) is 5.75 Å². The smallest absolute Gasteiger partial charge is 0.342 e. The van der Waals surface area contributed by atoms with Crippen LogP contribution in [0.3, 0.4) is 0 Å². The lowest BCUT2D eigenvalue weighted by molar-refractivity contribution is -0.179. The van der Waals surface area contributed by atoms with Crippen LogP contribution in [0, 0.1) is 50.2 Å². The van der Waals surface area contributed by atoms with Crippen molar-refractivity contribution in [3.63, 3.8) is 0 Å². The standard InChI is InChI=1S/C44H59NO5/c1-27(28-10-11-30-25-31(49-9)13-12-29(30)24-28)37(46)50-45-36-17-18-41(6)34(40(36,4)5)16-19-43(8)35(41)15-14-32-33-26-39(2,3)20-22-44(33,38(47)48)23-21-42(32,43)7/h10-14,24-25,27,33-35H,15-23,26H2,1-9H3,(H,47,48)/b45-36+/t27?,33-,34-,35+,41-,42+,43+,44-/m0/s1. The summed E-state index contributed by atoms with van der Waals surface area (Å²) in [4.78, 5) is 32.2. The number of carboxylic acids is 1. The molecule has 0 heterocycles. The molecule has 6 heteroatoms. The molecule has 4 fully saturated rings. The average molecular weight is 682 g/mol. The lowest BCUT2D eigenvalue weighted by atomic mass is 9.33. The number of benzene rings is 2. The molecule has 0 radical (unpaired) electrons. The molecule has 0 spiro atoms. The highest BCUT2D eigenvalue weighted by molar-refractivity contribution is 5.92. The minimum Gasteiger partial charge on any atom is -0.497 e. The fourth-order valence-corrected chi connectivity index (χ4v) is 12.6. The number of allylic oxidation sites excluding steroid dienone is 2. The molecular weight excluding hydrogens is 622 g/mol. The van der Waals surface area contributed by atoms with E-state index in [0.717, 1.165) is 92.0 Å². The summed E-state index contributed by atoms with van der Waals surface area (Å²) in [5, 5.41) is 17.5. The molecule has 0 amide bonds. The monoisotopic (exact) mass is 681 g/mol. The van der Waals surface area contributed by atoms with Gasteiger partial charge in [0.05, 0.1) is 24.2 Å². The van der Waals surface area contributed by atoms with Crippen LogP contribution in [0.5, 0.6) is 5.75 Å². The van der Waals surface area contributed by atoms with E-state index in [1.54, 1.807) is 7.11 Å². The van der Waals surface area contributed by atoms with Gasteiger partial charge in [-0.2, -0.15) is 0 Å². The number of methoxy groups -OCH3 is 1. The SMILES string of the molecule is COc1ccc2cc(C(C)C(=O)O/N=C3\CC[C@]4(C)[C@H]5CC=C6[C@@H]7CC(C)(C)CC[C@]7(C(=O)O)CC[C@@]6(C)[C@]5(C)CC[C@H]4C3(C)C)ccc2c1. The molecule has 0 saturated heterocycles. The molecule has 2 aromatic rings. The first kappa shape index (κ1) is 35.3. The molecule has 0 aliphatic heterocycles. The topological polar surface area (TPSA) is 85.2 Å². The van der Waals surface area contributed by atoms with Crippen LogP contribution in [-0.2, 0) is 14.4 Å². The van der Waals surface area contributed by atoms with Crippen LogP contribution in [0.2, 0.25) is 0 Å². The van der Waals surface area contributed by atoms with Crippen LogP contribution in [0.25, 0.3) is 10.8 Å². The third-order valence-corrected chi connectivity index (χ3v) is 16.0. The predicted octanol–water partition coefficient (Wildman–Crippen LogP) is 10.7. The molecule has 1 unspecified atom stereocenters. The van der Waals surface area contributed by atoms with Gasteiger partial charge < -0.3 is 14.7 Å². The van der Waals surface area contributed by atoms with Crippen molar-refractivity contribution in [3.8, 4) is 5.75 Å². The van der Waals surface area contributed by atoms with Crippen LogP contribution in [0.15, 0.2) is 53.2 Å². The molecule has 7 rings (SSSR count). The minimum absolute atomic E-state index is 0.0000561. The average Bonchev–Trinajstić information content (AvgIpc) is 3.06. The summed E-state index contributed by atoms with van der Waals surface area (Å²) in [5.41, 5.74) is 2.95. The molecular formula is C44H59NO5. The van der Waals surface area contributed by atoms with Crippen LogP contribution < -0.4 is 4.74 Å². The van der Waals surface area contributed by atoms with Gasteiger partial charge in [-0.1, -0.05) is 89.5 Å². The number of oxime groups is 1. The number of hydrogen-bond acceptors (Lipinski definition) is 5. The van der Waals surface area contributed by atoms with E-state index in [1.807, 2.05) is 37.3 Å². The number of fused-ring (bicyclic) bond motifs is 8. The van der Waals surface area contributed by atoms with E-state index in [2.05, 4.69) is 65.8 Å².